The van der Waals surface area contributed by atoms with Gasteiger partial charge in [0.2, 0.25) is 0 Å². The molecule has 8 nitrogen and oxygen atoms in total. The van der Waals surface area contributed by atoms with E-state index < -0.39 is 26.9 Å². The minimum atomic E-state index is -3.93. The maximum atomic E-state index is 11.8. The minimum absolute atomic E-state index is 0.0555. The van der Waals surface area contributed by atoms with E-state index in [1.807, 2.05) is 0 Å². The lowest BCUT2D eigenvalue weighted by molar-refractivity contribution is -0.389. The highest BCUT2D eigenvalue weighted by molar-refractivity contribution is 7.86. The van der Waals surface area contributed by atoms with E-state index in [0.29, 0.717) is 5.56 Å². The monoisotopic (exact) mass is 297 g/mol. The molecule has 2 rings (SSSR count). The first-order chi connectivity index (χ1) is 9.37. The molecule has 106 valence electrons. The van der Waals surface area contributed by atoms with Crippen LogP contribution in [0.3, 0.4) is 0 Å². The van der Waals surface area contributed by atoms with E-state index in [9.17, 15) is 18.5 Å². The number of aryl methyl sites for hydroxylation is 1. The lowest BCUT2D eigenvalue weighted by Gasteiger charge is -2.02. The van der Waals surface area contributed by atoms with E-state index in [-0.39, 0.29) is 11.4 Å². The van der Waals surface area contributed by atoms with E-state index in [0.717, 1.165) is 0 Å². The first-order valence-corrected chi connectivity index (χ1v) is 7.12. The number of imidazole rings is 1. The highest BCUT2D eigenvalue weighted by Gasteiger charge is 2.22. The van der Waals surface area contributed by atoms with Crippen molar-refractivity contribution in [2.75, 3.05) is 0 Å². The van der Waals surface area contributed by atoms with E-state index >= 15 is 0 Å². The van der Waals surface area contributed by atoms with Gasteiger partial charge >= 0.3 is 21.9 Å². The number of nitrogens with zero attached hydrogens (tertiary/aromatic N) is 2. The van der Waals surface area contributed by atoms with Gasteiger partial charge in [-0.1, -0.05) is 30.3 Å². The highest BCUT2D eigenvalue weighted by Crippen LogP contribution is 2.20. The molecular formula is C11H11N3O5S. The van der Waals surface area contributed by atoms with Crippen LogP contribution in [-0.4, -0.2) is 23.3 Å². The molecule has 0 aliphatic carbocycles. The fraction of sp³-hybridized carbons (Fsp3) is 0.182. The first-order valence-electron chi connectivity index (χ1n) is 5.54. The normalized spacial score (nSPS) is 11.2. The SMILES string of the molecule is Cc1nc(OS(=O)(=O)Cc2ccccc2)[nH]c1[N+](=O)[O-]. The first kappa shape index (κ1) is 14.0. The van der Waals surface area contributed by atoms with Gasteiger partial charge in [-0.2, -0.15) is 18.4 Å². The average Bonchev–Trinajstić information content (AvgIpc) is 2.70. The molecule has 0 spiro atoms. The molecule has 0 bridgehead atoms. The summed E-state index contributed by atoms with van der Waals surface area (Å²) in [6.07, 6.45) is 0. The Bertz CT molecular complexity index is 724. The summed E-state index contributed by atoms with van der Waals surface area (Å²) in [5.74, 6) is -0.739. The van der Waals surface area contributed by atoms with Gasteiger partial charge in [0.25, 0.3) is 0 Å². The van der Waals surface area contributed by atoms with Crippen LogP contribution in [0.2, 0.25) is 0 Å². The molecule has 20 heavy (non-hydrogen) atoms. The third kappa shape index (κ3) is 3.32. The molecule has 0 saturated heterocycles. The van der Waals surface area contributed by atoms with Crippen LogP contribution in [0, 0.1) is 17.0 Å². The Morgan fingerprint density at radius 1 is 1.35 bits per heavy atom. The maximum absolute atomic E-state index is 11.8. The summed E-state index contributed by atoms with van der Waals surface area (Å²) in [5.41, 5.74) is 0.602. The second-order valence-electron chi connectivity index (χ2n) is 4.00. The van der Waals surface area contributed by atoms with Crippen LogP contribution >= 0.6 is 0 Å². The van der Waals surface area contributed by atoms with Gasteiger partial charge < -0.3 is 14.3 Å². The summed E-state index contributed by atoms with van der Waals surface area (Å²) in [6, 6.07) is 8.02. The molecule has 1 N–H and O–H groups in total. The second kappa shape index (κ2) is 5.29. The summed E-state index contributed by atoms with van der Waals surface area (Å²) in [4.78, 5) is 15.8. The molecule has 9 heteroatoms. The van der Waals surface area contributed by atoms with Gasteiger partial charge in [0.05, 0.1) is 0 Å². The van der Waals surface area contributed by atoms with Crippen molar-refractivity contribution in [2.45, 2.75) is 12.7 Å². The third-order valence-corrected chi connectivity index (χ3v) is 3.51. The standard InChI is InChI=1S/C11H11N3O5S/c1-8-10(14(15)16)13-11(12-8)19-20(17,18)7-9-5-3-2-4-6-9/h2-6H,7H2,1H3,(H,12,13). The number of nitrogens with one attached hydrogen (secondary N) is 1. The van der Waals surface area contributed by atoms with Gasteiger partial charge in [0, 0.05) is 0 Å². The van der Waals surface area contributed by atoms with Crippen molar-refractivity contribution in [3.8, 4) is 6.01 Å². The van der Waals surface area contributed by atoms with Gasteiger partial charge in [-0.05, 0) is 17.4 Å². The molecule has 2 aromatic rings. The fourth-order valence-electron chi connectivity index (χ4n) is 1.57. The lowest BCUT2D eigenvalue weighted by atomic mass is 10.2. The van der Waals surface area contributed by atoms with Crippen molar-refractivity contribution < 1.29 is 17.5 Å². The van der Waals surface area contributed by atoms with Crippen LogP contribution < -0.4 is 4.18 Å². The average molecular weight is 297 g/mol. The number of nitro groups is 1. The molecule has 0 amide bonds. The van der Waals surface area contributed by atoms with Crippen molar-refractivity contribution >= 4 is 15.9 Å². The number of H-pyrrole nitrogens is 1. The molecule has 0 saturated carbocycles. The predicted octanol–water partition coefficient (Wildman–Crippen LogP) is 1.54. The van der Waals surface area contributed by atoms with Crippen molar-refractivity contribution in [1.82, 2.24) is 9.97 Å². The molecule has 1 heterocycles. The van der Waals surface area contributed by atoms with Gasteiger partial charge in [0.15, 0.2) is 0 Å². The Balaban J connectivity index is 2.16. The van der Waals surface area contributed by atoms with Crippen molar-refractivity contribution in [3.05, 3.63) is 51.7 Å². The van der Waals surface area contributed by atoms with Crippen molar-refractivity contribution in [2.24, 2.45) is 0 Å². The number of benzene rings is 1. The second-order valence-corrected chi connectivity index (χ2v) is 5.57. The van der Waals surface area contributed by atoms with Crippen molar-refractivity contribution in [3.63, 3.8) is 0 Å². The molecular weight excluding hydrogens is 286 g/mol. The van der Waals surface area contributed by atoms with Crippen LogP contribution in [0.1, 0.15) is 11.3 Å². The molecule has 1 aromatic carbocycles. The van der Waals surface area contributed by atoms with Crippen LogP contribution in [0.15, 0.2) is 30.3 Å². The van der Waals surface area contributed by atoms with E-state index in [1.165, 1.54) is 6.92 Å². The summed E-state index contributed by atoms with van der Waals surface area (Å²) >= 11 is 0. The summed E-state index contributed by atoms with van der Waals surface area (Å²) in [6.45, 7) is 1.38. The Hall–Kier alpha value is -2.42. The number of aromatic nitrogens is 2. The maximum Gasteiger partial charge on any atom is 0.404 e. The Morgan fingerprint density at radius 2 is 2.00 bits per heavy atom. The van der Waals surface area contributed by atoms with Gasteiger partial charge in [0.1, 0.15) is 11.4 Å². The minimum Gasteiger partial charge on any atom is -0.358 e. The molecule has 0 aliphatic rings. The summed E-state index contributed by atoms with van der Waals surface area (Å²) < 4.78 is 28.3. The Labute approximate surface area is 114 Å². The number of hydrogen-bond acceptors (Lipinski definition) is 6. The molecule has 0 aliphatic heterocycles. The quantitative estimate of drug-likeness (QED) is 0.508. The largest absolute Gasteiger partial charge is 0.404 e. The van der Waals surface area contributed by atoms with Crippen LogP contribution in [0.5, 0.6) is 6.01 Å². The zero-order valence-electron chi connectivity index (χ0n) is 10.4. The van der Waals surface area contributed by atoms with Gasteiger partial charge in [-0.3, -0.25) is 0 Å². The zero-order valence-corrected chi connectivity index (χ0v) is 11.3. The topological polar surface area (TPSA) is 115 Å². The summed E-state index contributed by atoms with van der Waals surface area (Å²) in [5, 5.41) is 10.6. The highest BCUT2D eigenvalue weighted by atomic mass is 32.2. The Morgan fingerprint density at radius 3 is 2.55 bits per heavy atom. The van der Waals surface area contributed by atoms with Gasteiger partial charge in [-0.25, -0.2) is 0 Å². The third-order valence-electron chi connectivity index (χ3n) is 2.41. The van der Waals surface area contributed by atoms with Crippen LogP contribution in [0.25, 0.3) is 0 Å². The predicted molar refractivity (Wildman–Crippen MR) is 69.7 cm³/mol. The smallest absolute Gasteiger partial charge is 0.358 e. The molecule has 1 aromatic heterocycles. The van der Waals surface area contributed by atoms with E-state index in [4.69, 9.17) is 4.18 Å². The van der Waals surface area contributed by atoms with E-state index in [2.05, 4.69) is 9.97 Å². The number of aromatic amines is 1. The zero-order chi connectivity index (χ0) is 14.8. The fourth-order valence-corrected chi connectivity index (χ4v) is 2.55. The molecule has 0 atom stereocenters. The van der Waals surface area contributed by atoms with Crippen LogP contribution in [0.4, 0.5) is 5.82 Å². The van der Waals surface area contributed by atoms with Crippen LogP contribution in [-0.2, 0) is 15.9 Å². The lowest BCUT2D eigenvalue weighted by Crippen LogP contribution is -2.12. The molecule has 0 fully saturated rings. The molecule has 0 radical (unpaired) electrons. The number of rotatable bonds is 5. The van der Waals surface area contributed by atoms with E-state index in [1.54, 1.807) is 30.3 Å². The number of hydrogen-bond donors (Lipinski definition) is 1. The van der Waals surface area contributed by atoms with Gasteiger partial charge in [-0.15, -0.1) is 0 Å². The van der Waals surface area contributed by atoms with Crippen molar-refractivity contribution in [1.29, 1.82) is 0 Å². The summed E-state index contributed by atoms with van der Waals surface area (Å²) in [7, 11) is -3.93. The Kier molecular flexibility index (Phi) is 3.70. The molecule has 0 unspecified atom stereocenters.